The number of aromatic nitrogens is 4. The van der Waals surface area contributed by atoms with Gasteiger partial charge in [0.25, 0.3) is 5.56 Å². The van der Waals surface area contributed by atoms with Crippen molar-refractivity contribution in [3.05, 3.63) is 46.0 Å². The van der Waals surface area contributed by atoms with Gasteiger partial charge in [-0.3, -0.25) is 14.3 Å². The number of terminal acetylenes is 1. The van der Waals surface area contributed by atoms with E-state index in [0.29, 0.717) is 23.5 Å². The molecular formula is C29H37N5O6. The summed E-state index contributed by atoms with van der Waals surface area (Å²) in [6.45, 7) is 1.60. The van der Waals surface area contributed by atoms with Gasteiger partial charge in [-0.25, -0.2) is 4.98 Å². The minimum absolute atomic E-state index is 0.00181. The van der Waals surface area contributed by atoms with Gasteiger partial charge in [-0.2, -0.15) is 4.98 Å². The lowest BCUT2D eigenvalue weighted by Gasteiger charge is -2.52. The van der Waals surface area contributed by atoms with E-state index in [-0.39, 0.29) is 42.5 Å². The van der Waals surface area contributed by atoms with Crippen LogP contribution in [0.1, 0.15) is 56.1 Å². The number of H-pyrrole nitrogens is 1. The molecule has 0 unspecified atom stereocenters. The predicted octanol–water partition coefficient (Wildman–Crippen LogP) is 1.64. The predicted molar refractivity (Wildman–Crippen MR) is 148 cm³/mol. The van der Waals surface area contributed by atoms with Crippen molar-refractivity contribution in [2.75, 3.05) is 18.9 Å². The molecule has 0 bridgehead atoms. The third-order valence-electron chi connectivity index (χ3n) is 9.45. The molecule has 40 heavy (non-hydrogen) atoms. The quantitative estimate of drug-likeness (QED) is 0.257. The molecule has 3 aromatic rings. The Morgan fingerprint density at radius 1 is 1.27 bits per heavy atom. The van der Waals surface area contributed by atoms with Crippen molar-refractivity contribution >= 4 is 17.1 Å². The number of phenolic OH excluding ortho intramolecular Hbond substituents is 1. The van der Waals surface area contributed by atoms with Gasteiger partial charge in [0.2, 0.25) is 5.95 Å². The van der Waals surface area contributed by atoms with Crippen LogP contribution in [0.3, 0.4) is 0 Å². The normalized spacial score (nSPS) is 28.8. The van der Waals surface area contributed by atoms with Crippen molar-refractivity contribution in [3.8, 4) is 18.1 Å². The molecule has 7 N–H and O–H groups in total. The summed E-state index contributed by atoms with van der Waals surface area (Å²) in [4.78, 5) is 21.6. The molecule has 6 rings (SSSR count). The van der Waals surface area contributed by atoms with Gasteiger partial charge in [-0.1, -0.05) is 18.9 Å². The fourth-order valence-corrected chi connectivity index (χ4v) is 7.24. The van der Waals surface area contributed by atoms with Crippen LogP contribution in [0.2, 0.25) is 0 Å². The van der Waals surface area contributed by atoms with Crippen LogP contribution in [0.4, 0.5) is 5.95 Å². The molecule has 5 atom stereocenters. The fraction of sp³-hybridized carbons (Fsp3) is 0.552. The van der Waals surface area contributed by atoms with E-state index in [1.165, 1.54) is 22.0 Å². The second kappa shape index (κ2) is 10.9. The van der Waals surface area contributed by atoms with E-state index in [1.54, 1.807) is 0 Å². The number of phenols is 1. The lowest BCUT2D eigenvalue weighted by Crippen LogP contribution is -2.50. The highest BCUT2D eigenvalue weighted by molar-refractivity contribution is 5.70. The van der Waals surface area contributed by atoms with Crippen molar-refractivity contribution in [2.45, 2.75) is 69.8 Å². The van der Waals surface area contributed by atoms with Gasteiger partial charge in [0.1, 0.15) is 24.2 Å². The molecule has 2 fully saturated rings. The number of aryl methyl sites for hydroxylation is 1. The average molecular weight is 552 g/mol. The SMILES string of the molecule is C#C[C@]1(O)CC[C@H]2[C@@H]3CCc4cc(O)ccc4[C@H]3CC[C@@]21C.Nc1nc2c(ncn2COC(CO)CO)c(=O)[nH]1. The highest BCUT2D eigenvalue weighted by Gasteiger charge is 2.61. The maximum atomic E-state index is 11.5. The van der Waals surface area contributed by atoms with Crippen LogP contribution in [0.15, 0.2) is 29.3 Å². The number of nitrogens with two attached hydrogens (primary N) is 1. The second-order valence-corrected chi connectivity index (χ2v) is 11.4. The van der Waals surface area contributed by atoms with E-state index in [4.69, 9.17) is 27.1 Å². The Labute approximate surface area is 232 Å². The summed E-state index contributed by atoms with van der Waals surface area (Å²) < 4.78 is 6.66. The Bertz CT molecular complexity index is 1480. The number of aromatic amines is 1. The standard InChI is InChI=1S/C20H24O2.C9H13N5O4/c1-3-20(22)11-9-18-17-6-4-13-12-14(21)5-7-15(13)16(17)8-10-19(18,20)2;10-9-12-7-6(8(17)13-9)11-3-14(7)4-18-5(1-15)2-16/h1,5,7,12,16-18,21-22H,4,6,8-11H2,2H3;3,5,15-16H,1-2,4H2,(H3,10,12,13,17)/t16-,17-,18+,19+,20+;/m1./s1. The fourth-order valence-electron chi connectivity index (χ4n) is 7.24. The van der Waals surface area contributed by atoms with E-state index >= 15 is 0 Å². The molecule has 0 spiro atoms. The van der Waals surface area contributed by atoms with E-state index in [9.17, 15) is 15.0 Å². The molecule has 11 heteroatoms. The number of aromatic hydroxyl groups is 1. The van der Waals surface area contributed by atoms with Crippen LogP contribution in [-0.4, -0.2) is 64.9 Å². The van der Waals surface area contributed by atoms with Gasteiger partial charge in [-0.15, -0.1) is 6.42 Å². The number of nitrogen functional groups attached to an aromatic ring is 1. The Balaban J connectivity index is 0.000000165. The first-order valence-corrected chi connectivity index (χ1v) is 13.7. The molecule has 2 saturated carbocycles. The van der Waals surface area contributed by atoms with Crippen molar-refractivity contribution < 1.29 is 25.2 Å². The molecule has 0 aliphatic heterocycles. The number of benzene rings is 1. The first-order chi connectivity index (χ1) is 19.1. The second-order valence-electron chi connectivity index (χ2n) is 11.4. The van der Waals surface area contributed by atoms with E-state index < -0.39 is 17.3 Å². The van der Waals surface area contributed by atoms with Gasteiger partial charge in [-0.05, 0) is 79.5 Å². The van der Waals surface area contributed by atoms with Gasteiger partial charge in [0, 0.05) is 5.41 Å². The maximum absolute atomic E-state index is 11.5. The van der Waals surface area contributed by atoms with E-state index in [0.717, 1.165) is 38.5 Å². The Morgan fingerprint density at radius 3 is 2.77 bits per heavy atom. The smallest absolute Gasteiger partial charge is 0.280 e. The van der Waals surface area contributed by atoms with Crippen molar-refractivity contribution in [1.82, 2.24) is 19.5 Å². The number of aliphatic hydroxyl groups excluding tert-OH is 2. The lowest BCUT2D eigenvalue weighted by molar-refractivity contribution is -0.0646. The van der Waals surface area contributed by atoms with Crippen LogP contribution in [0, 0.1) is 29.6 Å². The zero-order chi connectivity index (χ0) is 28.7. The number of rotatable bonds is 5. The number of aliphatic hydroxyl groups is 3. The number of hydrogen-bond acceptors (Lipinski definition) is 9. The first kappa shape index (κ1) is 28.1. The van der Waals surface area contributed by atoms with Crippen molar-refractivity contribution in [3.63, 3.8) is 0 Å². The summed E-state index contributed by atoms with van der Waals surface area (Å²) in [5, 5.41) is 38.3. The zero-order valence-electron chi connectivity index (χ0n) is 22.6. The van der Waals surface area contributed by atoms with Crippen LogP contribution in [0.5, 0.6) is 5.75 Å². The lowest BCUT2D eigenvalue weighted by atomic mass is 9.53. The summed E-state index contributed by atoms with van der Waals surface area (Å²) in [6.07, 6.45) is 12.5. The topological polar surface area (TPSA) is 180 Å². The molecule has 0 amide bonds. The van der Waals surface area contributed by atoms with Crippen LogP contribution in [0.25, 0.3) is 11.2 Å². The van der Waals surface area contributed by atoms with Crippen molar-refractivity contribution in [1.29, 1.82) is 0 Å². The molecule has 3 aliphatic carbocycles. The number of fused-ring (bicyclic) bond motifs is 6. The first-order valence-electron chi connectivity index (χ1n) is 13.7. The van der Waals surface area contributed by atoms with Crippen LogP contribution < -0.4 is 11.3 Å². The third-order valence-corrected chi connectivity index (χ3v) is 9.45. The van der Waals surface area contributed by atoms with Gasteiger partial charge >= 0.3 is 0 Å². The number of hydrogen-bond donors (Lipinski definition) is 6. The number of anilines is 1. The number of ether oxygens (including phenoxy) is 1. The molecule has 2 aromatic heterocycles. The number of nitrogens with zero attached hydrogens (tertiary/aromatic N) is 3. The van der Waals surface area contributed by atoms with Crippen LogP contribution in [-0.2, 0) is 17.9 Å². The molecule has 2 heterocycles. The van der Waals surface area contributed by atoms with Gasteiger partial charge in [0.05, 0.1) is 19.5 Å². The molecule has 11 nitrogen and oxygen atoms in total. The monoisotopic (exact) mass is 551 g/mol. The van der Waals surface area contributed by atoms with E-state index in [2.05, 4.69) is 33.9 Å². The minimum Gasteiger partial charge on any atom is -0.508 e. The number of nitrogens with one attached hydrogen (secondary N) is 1. The summed E-state index contributed by atoms with van der Waals surface area (Å²) >= 11 is 0. The summed E-state index contributed by atoms with van der Waals surface area (Å²) in [5.41, 5.74) is 7.12. The molecule has 0 radical (unpaired) electrons. The van der Waals surface area contributed by atoms with Gasteiger partial charge < -0.3 is 30.9 Å². The molecule has 0 saturated heterocycles. The Hall–Kier alpha value is -3.43. The van der Waals surface area contributed by atoms with Crippen LogP contribution >= 0.6 is 0 Å². The molecule has 214 valence electrons. The summed E-state index contributed by atoms with van der Waals surface area (Å²) in [5.74, 6) is 4.80. The third kappa shape index (κ3) is 4.75. The molecule has 3 aliphatic rings. The average Bonchev–Trinajstić information content (AvgIpc) is 3.47. The summed E-state index contributed by atoms with van der Waals surface area (Å²) in [7, 11) is 0. The zero-order valence-corrected chi connectivity index (χ0v) is 22.6. The molecular weight excluding hydrogens is 514 g/mol. The minimum atomic E-state index is -0.919. The largest absolute Gasteiger partial charge is 0.508 e. The maximum Gasteiger partial charge on any atom is 0.280 e. The Kier molecular flexibility index (Phi) is 7.63. The van der Waals surface area contributed by atoms with Crippen molar-refractivity contribution in [2.24, 2.45) is 17.3 Å². The number of imidazole rings is 1. The Morgan fingerprint density at radius 2 is 2.05 bits per heavy atom. The highest BCUT2D eigenvalue weighted by Crippen LogP contribution is 2.64. The van der Waals surface area contributed by atoms with E-state index in [1.807, 2.05) is 12.1 Å². The highest BCUT2D eigenvalue weighted by atomic mass is 16.5. The molecule has 1 aromatic carbocycles. The summed E-state index contributed by atoms with van der Waals surface area (Å²) in [6, 6.07) is 5.87. The van der Waals surface area contributed by atoms with Gasteiger partial charge in [0.15, 0.2) is 11.2 Å².